The molecule has 4 nitrogen and oxygen atoms in total. The first kappa shape index (κ1) is 12.7. The Morgan fingerprint density at radius 1 is 1.47 bits per heavy atom. The van der Waals surface area contributed by atoms with Crippen LogP contribution in [0.1, 0.15) is 10.4 Å². The molecule has 0 spiro atoms. The maximum atomic E-state index is 13.1. The molecule has 0 saturated heterocycles. The third kappa shape index (κ3) is 2.26. The number of halogens is 2. The van der Waals surface area contributed by atoms with E-state index in [0.717, 1.165) is 16.9 Å². The van der Waals surface area contributed by atoms with E-state index in [4.69, 9.17) is 0 Å². The van der Waals surface area contributed by atoms with E-state index in [2.05, 4.69) is 5.10 Å². The van der Waals surface area contributed by atoms with E-state index < -0.39 is 23.2 Å². The zero-order valence-electron chi connectivity index (χ0n) is 7.70. The monoisotopic (exact) mass is 236 g/mol. The minimum atomic E-state index is -1.55. The van der Waals surface area contributed by atoms with E-state index in [-0.39, 0.29) is 56.9 Å². The van der Waals surface area contributed by atoms with Gasteiger partial charge in [0.05, 0.1) is 18.4 Å². The first-order chi connectivity index (χ1) is 6.59. The minimum absolute atomic E-state index is 0. The molecule has 2 aromatic rings. The van der Waals surface area contributed by atoms with Gasteiger partial charge in [-0.3, -0.25) is 0 Å². The summed E-state index contributed by atoms with van der Waals surface area (Å²) in [5, 5.41) is 14.0. The van der Waals surface area contributed by atoms with E-state index in [1.54, 1.807) is 0 Å². The van der Waals surface area contributed by atoms with E-state index in [0.29, 0.717) is 6.07 Å². The number of aromatic nitrogens is 2. The van der Waals surface area contributed by atoms with Gasteiger partial charge in [-0.05, 0) is 0 Å². The number of carbonyl (C=O) groups excluding carboxylic acids is 1. The van der Waals surface area contributed by atoms with Crippen molar-refractivity contribution in [3.8, 4) is 0 Å². The Kier molecular flexibility index (Phi) is 3.96. The number of rotatable bonds is 1. The largest absolute Gasteiger partial charge is 1.00 e. The zero-order chi connectivity index (χ0) is 10.3. The minimum Gasteiger partial charge on any atom is -0.545 e. The van der Waals surface area contributed by atoms with Gasteiger partial charge in [0.25, 0.3) is 0 Å². The summed E-state index contributed by atoms with van der Waals surface area (Å²) in [7, 11) is 0. The van der Waals surface area contributed by atoms with Gasteiger partial charge in [-0.2, -0.15) is 5.10 Å². The number of carboxylic acids is 1. The van der Waals surface area contributed by atoms with Crippen LogP contribution in [0.2, 0.25) is 0 Å². The van der Waals surface area contributed by atoms with Crippen LogP contribution in [0.25, 0.3) is 5.52 Å². The van der Waals surface area contributed by atoms with Crippen molar-refractivity contribution in [2.24, 2.45) is 0 Å². The van der Waals surface area contributed by atoms with Crippen LogP contribution in [0.15, 0.2) is 18.5 Å². The molecule has 0 aliphatic rings. The van der Waals surface area contributed by atoms with Gasteiger partial charge < -0.3 is 9.90 Å². The number of hydrogen-bond donors (Lipinski definition) is 0. The second kappa shape index (κ2) is 4.66. The van der Waals surface area contributed by atoms with Gasteiger partial charge in [0, 0.05) is 11.6 Å². The second-order valence-electron chi connectivity index (χ2n) is 2.65. The smallest absolute Gasteiger partial charge is 0.545 e. The molecule has 0 saturated carbocycles. The molecule has 2 rings (SSSR count). The van der Waals surface area contributed by atoms with Gasteiger partial charge in [-0.15, -0.1) is 0 Å². The molecule has 0 N–H and O–H groups in total. The number of fused-ring (bicyclic) bond motifs is 1. The van der Waals surface area contributed by atoms with Gasteiger partial charge in [0.2, 0.25) is 0 Å². The van der Waals surface area contributed by atoms with Crippen LogP contribution in [0, 0.1) is 11.6 Å². The molecular weight excluding hydrogens is 233 g/mol. The molecule has 0 fully saturated rings. The number of pyridine rings is 1. The number of nitrogens with zero attached hydrogens (tertiary/aromatic N) is 2. The third-order valence-corrected chi connectivity index (χ3v) is 1.75. The molecule has 0 aliphatic heterocycles. The van der Waals surface area contributed by atoms with Crippen LogP contribution < -0.4 is 56.5 Å². The van der Waals surface area contributed by atoms with Crippen molar-refractivity contribution in [2.75, 3.05) is 0 Å². The molecule has 0 bridgehead atoms. The Morgan fingerprint density at radius 3 is 2.73 bits per heavy atom. The maximum absolute atomic E-state index is 13.1. The van der Waals surface area contributed by atoms with E-state index in [1.165, 1.54) is 0 Å². The predicted octanol–water partition coefficient (Wildman–Crippen LogP) is -3.02. The summed E-state index contributed by atoms with van der Waals surface area (Å²) >= 11 is 0. The van der Waals surface area contributed by atoms with Gasteiger partial charge in [0.15, 0.2) is 5.82 Å². The van der Waals surface area contributed by atoms with Gasteiger partial charge >= 0.3 is 51.4 Å². The van der Waals surface area contributed by atoms with Gasteiger partial charge in [-0.25, -0.2) is 13.3 Å². The standard InChI is InChI=1S/C8H4F2N2O2.K/c9-4-1-6(10)7-5(8(13)14)2-11-12(7)3-4;/h1-3H,(H,13,14);/q;+1/p-1. The number of aromatic carboxylic acids is 1. The molecule has 72 valence electrons. The fourth-order valence-corrected chi connectivity index (χ4v) is 1.19. The van der Waals surface area contributed by atoms with Crippen LogP contribution in [-0.2, 0) is 0 Å². The predicted molar refractivity (Wildman–Crippen MR) is 39.4 cm³/mol. The summed E-state index contributed by atoms with van der Waals surface area (Å²) in [4.78, 5) is 10.5. The summed E-state index contributed by atoms with van der Waals surface area (Å²) < 4.78 is 26.6. The first-order valence-electron chi connectivity index (χ1n) is 3.63. The Hall–Kier alpha value is -0.344. The molecular formula is C8H3F2KN2O2. The molecule has 0 atom stereocenters. The van der Waals surface area contributed by atoms with Crippen molar-refractivity contribution >= 4 is 11.5 Å². The molecule has 2 heterocycles. The molecule has 0 unspecified atom stereocenters. The van der Waals surface area contributed by atoms with Crippen molar-refractivity contribution in [3.63, 3.8) is 0 Å². The zero-order valence-corrected chi connectivity index (χ0v) is 10.8. The average Bonchev–Trinajstić information content (AvgIpc) is 2.47. The fourth-order valence-electron chi connectivity index (χ4n) is 1.19. The maximum Gasteiger partial charge on any atom is 1.00 e. The van der Waals surface area contributed by atoms with Crippen molar-refractivity contribution in [1.29, 1.82) is 0 Å². The Morgan fingerprint density at radius 2 is 2.13 bits per heavy atom. The summed E-state index contributed by atoms with van der Waals surface area (Å²) in [6.45, 7) is 0. The summed E-state index contributed by atoms with van der Waals surface area (Å²) in [5.41, 5.74) is -0.700. The quantitative estimate of drug-likeness (QED) is 0.495. The van der Waals surface area contributed by atoms with Crippen LogP contribution in [0.3, 0.4) is 0 Å². The molecule has 0 amide bonds. The van der Waals surface area contributed by atoms with Crippen LogP contribution in [0.5, 0.6) is 0 Å². The average molecular weight is 236 g/mol. The summed E-state index contributed by atoms with van der Waals surface area (Å²) in [6, 6.07) is 0.587. The van der Waals surface area contributed by atoms with Crippen molar-refractivity contribution in [2.45, 2.75) is 0 Å². The third-order valence-electron chi connectivity index (χ3n) is 1.75. The van der Waals surface area contributed by atoms with Crippen molar-refractivity contribution < 1.29 is 70.1 Å². The van der Waals surface area contributed by atoms with Crippen LogP contribution >= 0.6 is 0 Å². The van der Waals surface area contributed by atoms with E-state index in [9.17, 15) is 18.7 Å². The molecule has 0 radical (unpaired) electrons. The Bertz CT molecular complexity index is 527. The van der Waals surface area contributed by atoms with E-state index in [1.807, 2.05) is 0 Å². The Balaban J connectivity index is 0.00000112. The molecule has 15 heavy (non-hydrogen) atoms. The molecule has 7 heteroatoms. The van der Waals surface area contributed by atoms with Gasteiger partial charge in [-0.1, -0.05) is 0 Å². The second-order valence-corrected chi connectivity index (χ2v) is 2.65. The van der Waals surface area contributed by atoms with Crippen molar-refractivity contribution in [1.82, 2.24) is 9.61 Å². The van der Waals surface area contributed by atoms with E-state index >= 15 is 0 Å². The number of carbonyl (C=O) groups is 1. The summed E-state index contributed by atoms with van der Waals surface area (Å²) in [5.74, 6) is -3.37. The van der Waals surface area contributed by atoms with Crippen molar-refractivity contribution in [3.05, 3.63) is 35.7 Å². The topological polar surface area (TPSA) is 57.4 Å². The Labute approximate surface area is 125 Å². The van der Waals surface area contributed by atoms with Crippen LogP contribution in [-0.4, -0.2) is 15.6 Å². The fraction of sp³-hybridized carbons (Fsp3) is 0. The number of hydrogen-bond acceptors (Lipinski definition) is 3. The normalized spacial score (nSPS) is 10.0. The van der Waals surface area contributed by atoms with Crippen LogP contribution in [0.4, 0.5) is 8.78 Å². The molecule has 2 aromatic heterocycles. The molecule has 0 aromatic carbocycles. The SMILES string of the molecule is O=C([O-])c1cnn2cc(F)cc(F)c12.[K+]. The number of carboxylic acid groups (broad SMARTS) is 1. The first-order valence-corrected chi connectivity index (χ1v) is 3.63. The molecule has 0 aliphatic carbocycles. The summed E-state index contributed by atoms with van der Waals surface area (Å²) in [6.07, 6.45) is 1.79. The van der Waals surface area contributed by atoms with Gasteiger partial charge in [0.1, 0.15) is 11.3 Å².